The first-order valence-electron chi connectivity index (χ1n) is 9.34. The van der Waals surface area contributed by atoms with Gasteiger partial charge in [-0.3, -0.25) is 4.99 Å². The molecule has 0 fully saturated rings. The number of aryl methyl sites for hydroxylation is 1. The van der Waals surface area contributed by atoms with Crippen LogP contribution in [0.15, 0.2) is 59.6 Å². The van der Waals surface area contributed by atoms with Crippen LogP contribution in [0.3, 0.4) is 0 Å². The van der Waals surface area contributed by atoms with Crippen LogP contribution >= 0.6 is 0 Å². The first-order valence-corrected chi connectivity index (χ1v) is 9.34. The van der Waals surface area contributed by atoms with Gasteiger partial charge in [0.05, 0.1) is 17.9 Å². The molecule has 1 aromatic carbocycles. The maximum Gasteiger partial charge on any atom is 0.338 e. The predicted molar refractivity (Wildman–Crippen MR) is 112 cm³/mol. The van der Waals surface area contributed by atoms with E-state index < -0.39 is 0 Å². The SMILES string of the molecule is CCOC(=O)c1cc(C=Nc2ccccc2)c2cc(C(C)C)ccc(C)c1-2. The highest BCUT2D eigenvalue weighted by Gasteiger charge is 2.22. The molecule has 0 amide bonds. The third kappa shape index (κ3) is 4.08. The van der Waals surface area contributed by atoms with Gasteiger partial charge in [0.25, 0.3) is 0 Å². The van der Waals surface area contributed by atoms with Crippen molar-refractivity contribution in [1.82, 2.24) is 0 Å². The number of rotatable bonds is 5. The molecular formula is C24H25NO2. The minimum Gasteiger partial charge on any atom is -0.462 e. The number of benzene rings is 1. The fraction of sp³-hybridized carbons (Fsp3) is 0.250. The maximum atomic E-state index is 12.6. The lowest BCUT2D eigenvalue weighted by molar-refractivity contribution is 0.0527. The van der Waals surface area contributed by atoms with Crippen molar-refractivity contribution in [2.75, 3.05) is 6.61 Å². The Morgan fingerprint density at radius 2 is 1.85 bits per heavy atom. The van der Waals surface area contributed by atoms with E-state index in [1.807, 2.05) is 56.5 Å². The van der Waals surface area contributed by atoms with Gasteiger partial charge in [-0.1, -0.05) is 50.2 Å². The normalized spacial score (nSPS) is 11.4. The van der Waals surface area contributed by atoms with Crippen LogP contribution < -0.4 is 0 Å². The Bertz CT molecular complexity index is 942. The van der Waals surface area contributed by atoms with E-state index in [0.717, 1.165) is 27.9 Å². The van der Waals surface area contributed by atoms with E-state index in [1.54, 1.807) is 0 Å². The summed E-state index contributed by atoms with van der Waals surface area (Å²) in [5.41, 5.74) is 6.66. The highest BCUT2D eigenvalue weighted by Crippen LogP contribution is 2.36. The lowest BCUT2D eigenvalue weighted by Gasteiger charge is -2.06. The van der Waals surface area contributed by atoms with Gasteiger partial charge in [0, 0.05) is 11.8 Å². The average molecular weight is 359 g/mol. The molecule has 0 aliphatic heterocycles. The van der Waals surface area contributed by atoms with Crippen molar-refractivity contribution in [3.63, 3.8) is 0 Å². The molecule has 0 unspecified atom stereocenters. The highest BCUT2D eigenvalue weighted by atomic mass is 16.5. The summed E-state index contributed by atoms with van der Waals surface area (Å²) < 4.78 is 5.29. The Morgan fingerprint density at radius 3 is 2.52 bits per heavy atom. The van der Waals surface area contributed by atoms with Gasteiger partial charge in [-0.15, -0.1) is 0 Å². The van der Waals surface area contributed by atoms with E-state index in [4.69, 9.17) is 4.74 Å². The molecule has 138 valence electrons. The van der Waals surface area contributed by atoms with E-state index in [0.29, 0.717) is 18.1 Å². The number of nitrogens with zero attached hydrogens (tertiary/aromatic N) is 1. The molecule has 3 heteroatoms. The zero-order valence-electron chi connectivity index (χ0n) is 16.3. The third-order valence-electron chi connectivity index (χ3n) is 4.65. The van der Waals surface area contributed by atoms with Crippen LogP contribution in [-0.2, 0) is 4.74 Å². The summed E-state index contributed by atoms with van der Waals surface area (Å²) in [6, 6.07) is 18.1. The molecular weight excluding hydrogens is 334 g/mol. The molecule has 0 spiro atoms. The zero-order chi connectivity index (χ0) is 19.4. The average Bonchev–Trinajstić information content (AvgIpc) is 2.93. The van der Waals surface area contributed by atoms with Crippen molar-refractivity contribution in [3.05, 3.63) is 76.9 Å². The van der Waals surface area contributed by atoms with Gasteiger partial charge in [-0.05, 0) is 60.2 Å². The summed E-state index contributed by atoms with van der Waals surface area (Å²) in [7, 11) is 0. The topological polar surface area (TPSA) is 38.7 Å². The molecule has 0 N–H and O–H groups in total. The second-order valence-electron chi connectivity index (χ2n) is 6.93. The number of esters is 1. The molecule has 0 atom stereocenters. The van der Waals surface area contributed by atoms with Crippen LogP contribution in [0.1, 0.15) is 53.7 Å². The first-order chi connectivity index (χ1) is 13.0. The zero-order valence-corrected chi connectivity index (χ0v) is 16.3. The summed E-state index contributed by atoms with van der Waals surface area (Å²) >= 11 is 0. The molecule has 0 saturated heterocycles. The predicted octanol–water partition coefficient (Wildman–Crippen LogP) is 6.15. The van der Waals surface area contributed by atoms with Crippen molar-refractivity contribution in [2.45, 2.75) is 33.6 Å². The van der Waals surface area contributed by atoms with Crippen molar-refractivity contribution in [1.29, 1.82) is 0 Å². The maximum absolute atomic E-state index is 12.6. The number of carbonyl (C=O) groups is 1. The Labute approximate surface area is 161 Å². The number of carbonyl (C=O) groups excluding carboxylic acids is 1. The molecule has 3 rings (SSSR count). The number of hydrogen-bond acceptors (Lipinski definition) is 3. The van der Waals surface area contributed by atoms with Gasteiger partial charge in [0.1, 0.15) is 0 Å². The number of fused-ring (bicyclic) bond motifs is 1. The molecule has 0 saturated carbocycles. The Balaban J connectivity index is 2.18. The summed E-state index contributed by atoms with van der Waals surface area (Å²) in [5.74, 6) is 0.0992. The van der Waals surface area contributed by atoms with Crippen LogP contribution in [0.25, 0.3) is 11.1 Å². The van der Waals surface area contributed by atoms with Gasteiger partial charge in [0.2, 0.25) is 0 Å². The fourth-order valence-electron chi connectivity index (χ4n) is 3.19. The van der Waals surface area contributed by atoms with Crippen molar-refractivity contribution < 1.29 is 9.53 Å². The highest BCUT2D eigenvalue weighted by molar-refractivity contribution is 6.06. The Hall–Kier alpha value is -2.94. The molecule has 2 aliphatic rings. The molecule has 0 bridgehead atoms. The van der Waals surface area contributed by atoms with E-state index in [2.05, 4.69) is 37.0 Å². The Morgan fingerprint density at radius 1 is 1.11 bits per heavy atom. The molecule has 0 aromatic heterocycles. The van der Waals surface area contributed by atoms with Crippen molar-refractivity contribution in [2.24, 2.45) is 4.99 Å². The molecule has 1 aromatic rings. The van der Waals surface area contributed by atoms with Gasteiger partial charge in [-0.2, -0.15) is 0 Å². The summed E-state index contributed by atoms with van der Waals surface area (Å²) in [6.45, 7) is 8.55. The second-order valence-corrected chi connectivity index (χ2v) is 6.93. The monoisotopic (exact) mass is 359 g/mol. The van der Waals surface area contributed by atoms with E-state index in [9.17, 15) is 4.79 Å². The van der Waals surface area contributed by atoms with Gasteiger partial charge >= 0.3 is 5.97 Å². The van der Waals surface area contributed by atoms with Crippen LogP contribution in [0.5, 0.6) is 0 Å². The number of para-hydroxylation sites is 1. The van der Waals surface area contributed by atoms with E-state index >= 15 is 0 Å². The molecule has 0 radical (unpaired) electrons. The van der Waals surface area contributed by atoms with Gasteiger partial charge in [-0.25, -0.2) is 4.79 Å². The van der Waals surface area contributed by atoms with E-state index in [1.165, 1.54) is 5.56 Å². The number of hydrogen-bond donors (Lipinski definition) is 0. The quantitative estimate of drug-likeness (QED) is 0.405. The van der Waals surface area contributed by atoms with Crippen LogP contribution in [0, 0.1) is 6.92 Å². The minimum absolute atomic E-state index is 0.290. The summed E-state index contributed by atoms with van der Waals surface area (Å²) in [6.07, 6.45) is 1.84. The van der Waals surface area contributed by atoms with Gasteiger partial charge < -0.3 is 4.74 Å². The lowest BCUT2D eigenvalue weighted by Crippen LogP contribution is -2.04. The number of aliphatic imine (C=N–C) groups is 1. The molecule has 27 heavy (non-hydrogen) atoms. The fourth-order valence-corrected chi connectivity index (χ4v) is 3.19. The van der Waals surface area contributed by atoms with Gasteiger partial charge in [0.15, 0.2) is 0 Å². The van der Waals surface area contributed by atoms with Crippen LogP contribution in [0.4, 0.5) is 5.69 Å². The summed E-state index contributed by atoms with van der Waals surface area (Å²) in [5, 5.41) is 0. The molecule has 2 aliphatic carbocycles. The Kier molecular flexibility index (Phi) is 5.70. The smallest absolute Gasteiger partial charge is 0.338 e. The van der Waals surface area contributed by atoms with Crippen molar-refractivity contribution >= 4 is 17.9 Å². The second kappa shape index (κ2) is 8.17. The summed E-state index contributed by atoms with van der Waals surface area (Å²) in [4.78, 5) is 17.1. The van der Waals surface area contributed by atoms with Crippen molar-refractivity contribution in [3.8, 4) is 11.1 Å². The third-order valence-corrected chi connectivity index (χ3v) is 4.65. The standard InChI is InChI=1S/C24H25NO2/c1-5-27-24(26)22-14-19(15-25-20-9-7-6-8-10-20)21-13-18(16(2)3)12-11-17(4)23(21)22/h6-16H,5H2,1-4H3. The van der Waals surface area contributed by atoms with E-state index in [-0.39, 0.29) is 5.97 Å². The molecule has 3 nitrogen and oxygen atoms in total. The van der Waals surface area contributed by atoms with Crippen LogP contribution in [0.2, 0.25) is 0 Å². The first kappa shape index (κ1) is 18.8. The lowest BCUT2D eigenvalue weighted by atomic mass is 10.0. The van der Waals surface area contributed by atoms with Crippen LogP contribution in [-0.4, -0.2) is 18.8 Å². The minimum atomic E-state index is -0.290. The largest absolute Gasteiger partial charge is 0.462 e. The molecule has 0 heterocycles. The number of ether oxygens (including phenoxy) is 1.